The van der Waals surface area contributed by atoms with Crippen molar-refractivity contribution in [3.63, 3.8) is 0 Å². The highest BCUT2D eigenvalue weighted by Gasteiger charge is 2.38. The number of allylic oxidation sites excluding steroid dienone is 2. The van der Waals surface area contributed by atoms with Gasteiger partial charge in [0.05, 0.1) is 5.56 Å². The number of fused-ring (bicyclic) bond motifs is 1. The first-order valence-electron chi connectivity index (χ1n) is 8.75. The van der Waals surface area contributed by atoms with Crippen LogP contribution in [-0.2, 0) is 4.79 Å². The van der Waals surface area contributed by atoms with Crippen molar-refractivity contribution in [2.75, 3.05) is 11.1 Å². The van der Waals surface area contributed by atoms with E-state index in [2.05, 4.69) is 21.9 Å². The first-order chi connectivity index (χ1) is 13.1. The monoisotopic (exact) mass is 399 g/mol. The van der Waals surface area contributed by atoms with Gasteiger partial charge in [-0.25, -0.2) is 4.98 Å². The van der Waals surface area contributed by atoms with E-state index in [1.807, 2.05) is 18.2 Å². The average molecular weight is 400 g/mol. The lowest BCUT2D eigenvalue weighted by molar-refractivity contribution is -0.116. The number of benzene rings is 1. The first kappa shape index (κ1) is 18.1. The molecule has 4 rings (SSSR count). The molecule has 5 nitrogen and oxygen atoms in total. The van der Waals surface area contributed by atoms with E-state index in [4.69, 9.17) is 11.6 Å². The number of anilines is 1. The molecule has 2 heterocycles. The van der Waals surface area contributed by atoms with E-state index in [0.717, 1.165) is 24.1 Å². The standard InChI is InChI=1S/C20H18ClN3O2S/c1-2-10-27-20-23-18-17(19(26)24-20)15(11-6-3-4-7-12(11)21)16-13(22-18)8-5-9-14(16)25/h2-4,6-7,15H,1,5,8-10H2,(H2,22,23,24,26). The molecule has 2 aromatic rings. The molecule has 1 atom stereocenters. The van der Waals surface area contributed by atoms with Crippen molar-refractivity contribution in [1.29, 1.82) is 0 Å². The van der Waals surface area contributed by atoms with Gasteiger partial charge >= 0.3 is 0 Å². The van der Waals surface area contributed by atoms with Crippen molar-refractivity contribution in [1.82, 2.24) is 9.97 Å². The van der Waals surface area contributed by atoms with E-state index in [1.165, 1.54) is 11.8 Å². The van der Waals surface area contributed by atoms with Crippen LogP contribution in [0.5, 0.6) is 0 Å². The Morgan fingerprint density at radius 1 is 1.30 bits per heavy atom. The Hall–Kier alpha value is -2.31. The van der Waals surface area contributed by atoms with Crippen LogP contribution in [0.4, 0.5) is 5.82 Å². The Bertz CT molecular complexity index is 1030. The molecular weight excluding hydrogens is 382 g/mol. The predicted octanol–water partition coefficient (Wildman–Crippen LogP) is 4.27. The van der Waals surface area contributed by atoms with Crippen LogP contribution in [-0.4, -0.2) is 21.5 Å². The molecule has 1 aromatic heterocycles. The molecule has 1 aliphatic carbocycles. The Kier molecular flexibility index (Phi) is 4.93. The van der Waals surface area contributed by atoms with Crippen LogP contribution >= 0.6 is 23.4 Å². The molecule has 2 N–H and O–H groups in total. The number of hydrogen-bond acceptors (Lipinski definition) is 5. The summed E-state index contributed by atoms with van der Waals surface area (Å²) < 4.78 is 0. The van der Waals surface area contributed by atoms with Gasteiger partial charge in [-0.05, 0) is 24.5 Å². The third-order valence-corrected chi connectivity index (χ3v) is 6.00. The normalized spacial score (nSPS) is 18.6. The van der Waals surface area contributed by atoms with Gasteiger partial charge in [-0.2, -0.15) is 0 Å². The lowest BCUT2D eigenvalue weighted by Crippen LogP contribution is -2.32. The van der Waals surface area contributed by atoms with Crippen molar-refractivity contribution < 1.29 is 4.79 Å². The molecule has 0 radical (unpaired) electrons. The van der Waals surface area contributed by atoms with Gasteiger partial charge in [0.1, 0.15) is 5.82 Å². The molecule has 0 amide bonds. The summed E-state index contributed by atoms with van der Waals surface area (Å²) in [6.45, 7) is 3.69. The SMILES string of the molecule is C=CCSc1nc2c(c(=O)[nH]1)C(c1ccccc1Cl)C1=C(CCCC1=O)N2. The van der Waals surface area contributed by atoms with Gasteiger partial charge in [0, 0.05) is 34.4 Å². The van der Waals surface area contributed by atoms with Crippen LogP contribution in [0.3, 0.4) is 0 Å². The Balaban J connectivity index is 1.94. The van der Waals surface area contributed by atoms with Crippen LogP contribution in [0.25, 0.3) is 0 Å². The smallest absolute Gasteiger partial charge is 0.257 e. The molecule has 0 saturated carbocycles. The number of thioether (sulfide) groups is 1. The van der Waals surface area contributed by atoms with Crippen molar-refractivity contribution >= 4 is 35.0 Å². The number of rotatable bonds is 4. The summed E-state index contributed by atoms with van der Waals surface area (Å²) in [5.41, 5.74) is 2.43. The minimum Gasteiger partial charge on any atom is -0.343 e. The highest BCUT2D eigenvalue weighted by Crippen LogP contribution is 2.45. The average Bonchev–Trinajstić information content (AvgIpc) is 2.65. The van der Waals surface area contributed by atoms with E-state index >= 15 is 0 Å². The number of aromatic nitrogens is 2. The van der Waals surface area contributed by atoms with Gasteiger partial charge in [-0.1, -0.05) is 47.6 Å². The van der Waals surface area contributed by atoms with Gasteiger partial charge < -0.3 is 10.3 Å². The fraction of sp³-hybridized carbons (Fsp3) is 0.250. The molecule has 0 spiro atoms. The lowest BCUT2D eigenvalue weighted by atomic mass is 9.76. The van der Waals surface area contributed by atoms with Crippen molar-refractivity contribution in [2.45, 2.75) is 30.3 Å². The van der Waals surface area contributed by atoms with Crippen LogP contribution in [0.1, 0.15) is 36.3 Å². The number of carbonyl (C=O) groups excluding carboxylic acids is 1. The molecule has 0 saturated heterocycles. The third-order valence-electron chi connectivity index (χ3n) is 4.79. The molecule has 1 aliphatic heterocycles. The second kappa shape index (κ2) is 7.37. The summed E-state index contributed by atoms with van der Waals surface area (Å²) in [6.07, 6.45) is 3.78. The van der Waals surface area contributed by atoms with Crippen molar-refractivity contribution in [3.05, 3.63) is 74.7 Å². The van der Waals surface area contributed by atoms with Gasteiger partial charge in [0.2, 0.25) is 0 Å². The molecule has 1 aromatic carbocycles. The van der Waals surface area contributed by atoms with E-state index in [0.29, 0.717) is 39.3 Å². The number of hydrogen-bond donors (Lipinski definition) is 2. The zero-order valence-corrected chi connectivity index (χ0v) is 16.1. The summed E-state index contributed by atoms with van der Waals surface area (Å²) >= 11 is 7.86. The number of aromatic amines is 1. The Morgan fingerprint density at radius 3 is 2.89 bits per heavy atom. The molecule has 138 valence electrons. The van der Waals surface area contributed by atoms with Crippen LogP contribution in [0.15, 0.2) is 58.1 Å². The minimum absolute atomic E-state index is 0.0591. The fourth-order valence-corrected chi connectivity index (χ4v) is 4.51. The highest BCUT2D eigenvalue weighted by atomic mass is 35.5. The van der Waals surface area contributed by atoms with Crippen molar-refractivity contribution in [2.24, 2.45) is 0 Å². The van der Waals surface area contributed by atoms with Gasteiger partial charge in [-0.3, -0.25) is 9.59 Å². The largest absolute Gasteiger partial charge is 0.343 e. The number of nitrogens with one attached hydrogen (secondary N) is 2. The van der Waals surface area contributed by atoms with E-state index < -0.39 is 5.92 Å². The first-order valence-corrected chi connectivity index (χ1v) is 10.1. The molecule has 2 aliphatic rings. The molecule has 0 bridgehead atoms. The Morgan fingerprint density at radius 2 is 2.11 bits per heavy atom. The second-order valence-electron chi connectivity index (χ2n) is 6.48. The number of H-pyrrole nitrogens is 1. The van der Waals surface area contributed by atoms with Gasteiger partial charge in [0.25, 0.3) is 5.56 Å². The summed E-state index contributed by atoms with van der Waals surface area (Å²) in [7, 11) is 0. The van der Waals surface area contributed by atoms with E-state index in [1.54, 1.807) is 12.1 Å². The third kappa shape index (κ3) is 3.24. The maximum atomic E-state index is 13.0. The summed E-state index contributed by atoms with van der Waals surface area (Å²) in [5.74, 6) is 0.696. The molecule has 0 fully saturated rings. The fourth-order valence-electron chi connectivity index (χ4n) is 3.67. The Labute approximate surface area is 165 Å². The minimum atomic E-state index is -0.507. The number of ketones is 1. The van der Waals surface area contributed by atoms with Gasteiger partial charge in [-0.15, -0.1) is 6.58 Å². The maximum absolute atomic E-state index is 13.0. The number of halogens is 1. The summed E-state index contributed by atoms with van der Waals surface area (Å²) in [4.78, 5) is 33.2. The van der Waals surface area contributed by atoms with Crippen LogP contribution in [0, 0.1) is 0 Å². The molecule has 27 heavy (non-hydrogen) atoms. The van der Waals surface area contributed by atoms with Crippen molar-refractivity contribution in [3.8, 4) is 0 Å². The number of nitrogens with zero attached hydrogens (tertiary/aromatic N) is 1. The second-order valence-corrected chi connectivity index (χ2v) is 7.90. The molecule has 7 heteroatoms. The van der Waals surface area contributed by atoms with Crippen LogP contribution < -0.4 is 10.9 Å². The van der Waals surface area contributed by atoms with Gasteiger partial charge in [0.15, 0.2) is 10.9 Å². The quantitative estimate of drug-likeness (QED) is 0.456. The summed E-state index contributed by atoms with van der Waals surface area (Å²) in [6, 6.07) is 7.35. The maximum Gasteiger partial charge on any atom is 0.257 e. The zero-order chi connectivity index (χ0) is 19.0. The number of Topliss-reactive ketones (excluding diaryl/α,β-unsaturated/α-hetero) is 1. The topological polar surface area (TPSA) is 74.8 Å². The van der Waals surface area contributed by atoms with Crippen LogP contribution in [0.2, 0.25) is 5.02 Å². The predicted molar refractivity (Wildman–Crippen MR) is 109 cm³/mol. The number of carbonyl (C=O) groups is 1. The van der Waals surface area contributed by atoms with E-state index in [9.17, 15) is 9.59 Å². The zero-order valence-electron chi connectivity index (χ0n) is 14.5. The lowest BCUT2D eigenvalue weighted by Gasteiger charge is -2.33. The summed E-state index contributed by atoms with van der Waals surface area (Å²) in [5, 5.41) is 4.31. The highest BCUT2D eigenvalue weighted by molar-refractivity contribution is 7.99. The molecular formula is C20H18ClN3O2S. The van der Waals surface area contributed by atoms with E-state index in [-0.39, 0.29) is 11.3 Å². The molecule has 1 unspecified atom stereocenters.